The molecule has 1 N–H and O–H groups in total. The zero-order chi connectivity index (χ0) is 13.7. The van der Waals surface area contributed by atoms with Gasteiger partial charge in [-0.2, -0.15) is 0 Å². The molecule has 1 aliphatic heterocycles. The number of amides is 1. The van der Waals surface area contributed by atoms with E-state index in [0.29, 0.717) is 19.7 Å². The van der Waals surface area contributed by atoms with E-state index in [2.05, 4.69) is 5.32 Å². The van der Waals surface area contributed by atoms with E-state index < -0.39 is 0 Å². The van der Waals surface area contributed by atoms with E-state index in [-0.39, 0.29) is 5.91 Å². The van der Waals surface area contributed by atoms with Crippen molar-refractivity contribution in [1.29, 1.82) is 0 Å². The summed E-state index contributed by atoms with van der Waals surface area (Å²) in [7, 11) is 1.66. The van der Waals surface area contributed by atoms with Crippen molar-refractivity contribution in [3.8, 4) is 0 Å². The largest absolute Gasteiger partial charge is 0.385 e. The minimum Gasteiger partial charge on any atom is -0.385 e. The van der Waals surface area contributed by atoms with E-state index in [0.717, 1.165) is 24.9 Å². The first-order chi connectivity index (χ1) is 9.26. The Kier molecular flexibility index (Phi) is 4.80. The number of aryl methyl sites for hydroxylation is 1. The van der Waals surface area contributed by atoms with Crippen LogP contribution in [0.1, 0.15) is 29.3 Å². The summed E-state index contributed by atoms with van der Waals surface area (Å²) >= 11 is 0. The van der Waals surface area contributed by atoms with E-state index in [1.807, 2.05) is 30.0 Å². The molecular formula is C15H22N2O2. The highest BCUT2D eigenvalue weighted by Gasteiger charge is 2.16. The summed E-state index contributed by atoms with van der Waals surface area (Å²) in [5.74, 6) is 0.0907. The summed E-state index contributed by atoms with van der Waals surface area (Å²) in [4.78, 5) is 14.2. The van der Waals surface area contributed by atoms with Crippen LogP contribution in [-0.2, 0) is 11.2 Å². The lowest BCUT2D eigenvalue weighted by Gasteiger charge is -2.22. The molecule has 0 atom stereocenters. The van der Waals surface area contributed by atoms with Crippen LogP contribution in [-0.4, -0.2) is 44.2 Å². The van der Waals surface area contributed by atoms with Crippen LogP contribution in [0.5, 0.6) is 0 Å². The monoisotopic (exact) mass is 262 g/mol. The van der Waals surface area contributed by atoms with Gasteiger partial charge in [0.2, 0.25) is 0 Å². The highest BCUT2D eigenvalue weighted by molar-refractivity contribution is 5.95. The number of carbonyl (C=O) groups excluding carboxylic acids is 1. The Labute approximate surface area is 114 Å². The van der Waals surface area contributed by atoms with Gasteiger partial charge in [-0.05, 0) is 43.5 Å². The van der Waals surface area contributed by atoms with Crippen LogP contribution in [0.2, 0.25) is 0 Å². The molecule has 1 heterocycles. The highest BCUT2D eigenvalue weighted by Crippen LogP contribution is 2.23. The number of anilines is 1. The summed E-state index contributed by atoms with van der Waals surface area (Å²) in [6.07, 6.45) is 2.18. The second-order valence-electron chi connectivity index (χ2n) is 4.78. The lowest BCUT2D eigenvalue weighted by atomic mass is 10.0. The summed E-state index contributed by atoms with van der Waals surface area (Å²) in [6.45, 7) is 4.94. The number of benzene rings is 1. The van der Waals surface area contributed by atoms with Crippen LogP contribution in [0.25, 0.3) is 0 Å². The van der Waals surface area contributed by atoms with Gasteiger partial charge < -0.3 is 15.0 Å². The number of carbonyl (C=O) groups is 1. The second-order valence-corrected chi connectivity index (χ2v) is 4.78. The molecule has 19 heavy (non-hydrogen) atoms. The number of rotatable bonds is 5. The maximum absolute atomic E-state index is 12.4. The number of hydrogen-bond acceptors (Lipinski definition) is 3. The van der Waals surface area contributed by atoms with Crippen molar-refractivity contribution in [2.24, 2.45) is 0 Å². The first-order valence-electron chi connectivity index (χ1n) is 6.91. The first kappa shape index (κ1) is 13.9. The Morgan fingerprint density at radius 2 is 2.32 bits per heavy atom. The van der Waals surface area contributed by atoms with Gasteiger partial charge in [-0.25, -0.2) is 0 Å². The van der Waals surface area contributed by atoms with Crippen molar-refractivity contribution in [3.05, 3.63) is 29.3 Å². The van der Waals surface area contributed by atoms with Gasteiger partial charge in [0.05, 0.1) is 6.61 Å². The third-order valence-electron chi connectivity index (χ3n) is 3.52. The topological polar surface area (TPSA) is 41.6 Å². The van der Waals surface area contributed by atoms with E-state index in [1.54, 1.807) is 7.11 Å². The predicted octanol–water partition coefficient (Wildman–Crippen LogP) is 2.15. The fourth-order valence-corrected chi connectivity index (χ4v) is 2.40. The van der Waals surface area contributed by atoms with E-state index in [9.17, 15) is 4.79 Å². The average Bonchev–Trinajstić information content (AvgIpc) is 2.47. The Morgan fingerprint density at radius 3 is 3.05 bits per heavy atom. The third kappa shape index (κ3) is 3.26. The molecular weight excluding hydrogens is 240 g/mol. The van der Waals surface area contributed by atoms with Gasteiger partial charge in [-0.1, -0.05) is 0 Å². The molecule has 0 saturated carbocycles. The van der Waals surface area contributed by atoms with Crippen molar-refractivity contribution in [2.45, 2.75) is 19.8 Å². The minimum atomic E-state index is 0.0907. The molecule has 0 saturated heterocycles. The van der Waals surface area contributed by atoms with Gasteiger partial charge in [-0.15, -0.1) is 0 Å². The maximum atomic E-state index is 12.4. The molecule has 1 amide bonds. The van der Waals surface area contributed by atoms with Crippen molar-refractivity contribution < 1.29 is 9.53 Å². The van der Waals surface area contributed by atoms with Gasteiger partial charge in [0.25, 0.3) is 5.91 Å². The summed E-state index contributed by atoms with van der Waals surface area (Å²) < 4.78 is 5.05. The molecule has 4 heteroatoms. The molecule has 1 aliphatic rings. The van der Waals surface area contributed by atoms with Crippen LogP contribution in [0.4, 0.5) is 5.69 Å². The van der Waals surface area contributed by atoms with Gasteiger partial charge in [0.15, 0.2) is 0 Å². The van der Waals surface area contributed by atoms with Crippen LogP contribution in [0.15, 0.2) is 18.2 Å². The van der Waals surface area contributed by atoms with E-state index in [4.69, 9.17) is 4.74 Å². The molecule has 0 aromatic heterocycles. The van der Waals surface area contributed by atoms with E-state index >= 15 is 0 Å². The standard InChI is InChI=1S/C15H22N2O2/c1-3-17(9-10-19-2)15(18)13-6-7-14-12(11-13)5-4-8-16-14/h6-7,11,16H,3-5,8-10H2,1-2H3. The number of nitrogens with zero attached hydrogens (tertiary/aromatic N) is 1. The molecule has 0 radical (unpaired) electrons. The van der Waals surface area contributed by atoms with Gasteiger partial charge >= 0.3 is 0 Å². The molecule has 0 aliphatic carbocycles. The quantitative estimate of drug-likeness (QED) is 0.884. The van der Waals surface area contributed by atoms with Crippen molar-refractivity contribution in [3.63, 3.8) is 0 Å². The van der Waals surface area contributed by atoms with Crippen LogP contribution >= 0.6 is 0 Å². The fourth-order valence-electron chi connectivity index (χ4n) is 2.40. The smallest absolute Gasteiger partial charge is 0.253 e. The van der Waals surface area contributed by atoms with Crippen LogP contribution in [0, 0.1) is 0 Å². The molecule has 0 spiro atoms. The SMILES string of the molecule is CCN(CCOC)C(=O)c1ccc2c(c1)CCCN2. The maximum Gasteiger partial charge on any atom is 0.253 e. The summed E-state index contributed by atoms with van der Waals surface area (Å²) in [5.41, 5.74) is 3.20. The Bertz CT molecular complexity index is 446. The normalized spacial score (nSPS) is 13.6. The third-order valence-corrected chi connectivity index (χ3v) is 3.52. The first-order valence-corrected chi connectivity index (χ1v) is 6.91. The molecule has 0 fully saturated rings. The van der Waals surface area contributed by atoms with Crippen LogP contribution < -0.4 is 5.32 Å². The lowest BCUT2D eigenvalue weighted by molar-refractivity contribution is 0.0706. The van der Waals surface area contributed by atoms with E-state index in [1.165, 1.54) is 11.3 Å². The number of likely N-dealkylation sites (N-methyl/N-ethyl adjacent to an activating group) is 1. The van der Waals surface area contributed by atoms with Crippen molar-refractivity contribution in [1.82, 2.24) is 4.90 Å². The lowest BCUT2D eigenvalue weighted by Crippen LogP contribution is -2.33. The summed E-state index contributed by atoms with van der Waals surface area (Å²) in [6, 6.07) is 5.96. The van der Waals surface area contributed by atoms with Gasteiger partial charge in [0.1, 0.15) is 0 Å². The molecule has 0 unspecified atom stereocenters. The summed E-state index contributed by atoms with van der Waals surface area (Å²) in [5, 5.41) is 3.36. The zero-order valence-corrected chi connectivity index (χ0v) is 11.7. The second kappa shape index (κ2) is 6.57. The average molecular weight is 262 g/mol. The van der Waals surface area contributed by atoms with Crippen molar-refractivity contribution >= 4 is 11.6 Å². The number of fused-ring (bicyclic) bond motifs is 1. The minimum absolute atomic E-state index is 0.0907. The number of methoxy groups -OCH3 is 1. The molecule has 4 nitrogen and oxygen atoms in total. The van der Waals surface area contributed by atoms with Gasteiger partial charge in [-0.3, -0.25) is 4.79 Å². The molecule has 104 valence electrons. The Morgan fingerprint density at radius 1 is 1.47 bits per heavy atom. The van der Waals surface area contributed by atoms with Crippen LogP contribution in [0.3, 0.4) is 0 Å². The Balaban J connectivity index is 2.13. The molecule has 2 rings (SSSR count). The number of hydrogen-bond donors (Lipinski definition) is 1. The molecule has 1 aromatic carbocycles. The Hall–Kier alpha value is -1.55. The highest BCUT2D eigenvalue weighted by atomic mass is 16.5. The van der Waals surface area contributed by atoms with Gasteiger partial charge in [0, 0.05) is 38.0 Å². The fraction of sp³-hybridized carbons (Fsp3) is 0.533. The zero-order valence-electron chi connectivity index (χ0n) is 11.7. The number of nitrogens with one attached hydrogen (secondary N) is 1. The molecule has 0 bridgehead atoms. The molecule has 1 aromatic rings. The predicted molar refractivity (Wildman–Crippen MR) is 76.7 cm³/mol. The van der Waals surface area contributed by atoms with Crippen molar-refractivity contribution in [2.75, 3.05) is 38.7 Å². The number of ether oxygens (including phenoxy) is 1.